The van der Waals surface area contributed by atoms with E-state index in [1.807, 2.05) is 31.2 Å². The molecular weight excluding hydrogens is 210 g/mol. The summed E-state index contributed by atoms with van der Waals surface area (Å²) in [5.41, 5.74) is 2.04. The average Bonchev–Trinajstić information content (AvgIpc) is 2.33. The maximum Gasteiger partial charge on any atom is 0.176 e. The van der Waals surface area contributed by atoms with E-state index in [4.69, 9.17) is 0 Å². The lowest BCUT2D eigenvalue weighted by Crippen LogP contribution is -2.40. The topological polar surface area (TPSA) is 20.3 Å². The van der Waals surface area contributed by atoms with Crippen molar-refractivity contribution < 1.29 is 4.79 Å². The molecule has 0 amide bonds. The summed E-state index contributed by atoms with van der Waals surface area (Å²) in [4.78, 5) is 14.4. The van der Waals surface area contributed by atoms with Gasteiger partial charge in [-0.1, -0.05) is 36.2 Å². The number of carbonyl (C=O) groups is 1. The summed E-state index contributed by atoms with van der Waals surface area (Å²) in [6.07, 6.45) is 3.75. The van der Waals surface area contributed by atoms with Crippen LogP contribution in [0, 0.1) is 6.92 Å². The molecule has 0 spiro atoms. The van der Waals surface area contributed by atoms with Crippen LogP contribution in [0.2, 0.25) is 0 Å². The lowest BCUT2D eigenvalue weighted by molar-refractivity contribution is 0.0860. The van der Waals surface area contributed by atoms with Crippen molar-refractivity contribution in [2.24, 2.45) is 0 Å². The van der Waals surface area contributed by atoms with Crippen molar-refractivity contribution in [2.45, 2.75) is 39.2 Å². The summed E-state index contributed by atoms with van der Waals surface area (Å²) in [7, 11) is 0. The van der Waals surface area contributed by atoms with Crippen LogP contribution in [0.25, 0.3) is 0 Å². The lowest BCUT2D eigenvalue weighted by Gasteiger charge is -2.32. The minimum atomic E-state index is 0.249. The van der Waals surface area contributed by atoms with Gasteiger partial charge in [-0.25, -0.2) is 0 Å². The van der Waals surface area contributed by atoms with Crippen LogP contribution in [-0.2, 0) is 0 Å². The van der Waals surface area contributed by atoms with Crippen molar-refractivity contribution in [3.05, 3.63) is 35.4 Å². The summed E-state index contributed by atoms with van der Waals surface area (Å²) in [5, 5.41) is 0. The van der Waals surface area contributed by atoms with Crippen LogP contribution in [0.1, 0.15) is 42.1 Å². The Bertz CT molecular complexity index is 382. The highest BCUT2D eigenvalue weighted by Gasteiger charge is 2.20. The number of benzene rings is 1. The summed E-state index contributed by atoms with van der Waals surface area (Å²) in [6, 6.07) is 8.44. The van der Waals surface area contributed by atoms with Gasteiger partial charge in [-0.05, 0) is 33.2 Å². The molecular formula is C15H21NO. The lowest BCUT2D eigenvalue weighted by atomic mass is 10.0. The van der Waals surface area contributed by atoms with Crippen LogP contribution < -0.4 is 0 Å². The minimum Gasteiger partial charge on any atom is -0.293 e. The molecule has 1 aromatic rings. The maximum absolute atomic E-state index is 12.1. The Morgan fingerprint density at radius 2 is 2.00 bits per heavy atom. The predicted molar refractivity (Wildman–Crippen MR) is 70.4 cm³/mol. The molecule has 0 radical (unpaired) electrons. The Labute approximate surface area is 104 Å². The monoisotopic (exact) mass is 231 g/mol. The fourth-order valence-electron chi connectivity index (χ4n) is 2.41. The molecule has 2 nitrogen and oxygen atoms in total. The Balaban J connectivity index is 1.98. The summed E-state index contributed by atoms with van der Waals surface area (Å²) < 4.78 is 0. The first kappa shape index (κ1) is 12.3. The quantitative estimate of drug-likeness (QED) is 0.745. The summed E-state index contributed by atoms with van der Waals surface area (Å²) in [5.74, 6) is 0.249. The number of hydrogen-bond donors (Lipinski definition) is 0. The van der Waals surface area contributed by atoms with Gasteiger partial charge in [-0.3, -0.25) is 9.69 Å². The van der Waals surface area contributed by atoms with E-state index in [1.165, 1.54) is 24.8 Å². The maximum atomic E-state index is 12.1. The summed E-state index contributed by atoms with van der Waals surface area (Å²) >= 11 is 0. The second-order valence-electron chi connectivity index (χ2n) is 5.10. The standard InChI is InChI=1S/C15H21NO/c1-12-6-8-14(9-7-12)15(17)11-16-10-4-3-5-13(16)2/h6-9,13H,3-5,10-11H2,1-2H3. The highest BCUT2D eigenvalue weighted by molar-refractivity contribution is 5.97. The highest BCUT2D eigenvalue weighted by Crippen LogP contribution is 2.17. The first-order chi connectivity index (χ1) is 8.16. The molecule has 1 atom stereocenters. The number of Topliss-reactive ketones (excluding diaryl/α,β-unsaturated/α-hetero) is 1. The Kier molecular flexibility index (Phi) is 3.95. The zero-order valence-electron chi connectivity index (χ0n) is 10.8. The first-order valence-corrected chi connectivity index (χ1v) is 6.51. The molecule has 0 saturated carbocycles. The van der Waals surface area contributed by atoms with Gasteiger partial charge in [0.2, 0.25) is 0 Å². The number of carbonyl (C=O) groups excluding carboxylic acids is 1. The molecule has 1 heterocycles. The van der Waals surface area contributed by atoms with Gasteiger partial charge in [0, 0.05) is 11.6 Å². The minimum absolute atomic E-state index is 0.249. The largest absolute Gasteiger partial charge is 0.293 e. The molecule has 17 heavy (non-hydrogen) atoms. The van der Waals surface area contributed by atoms with Crippen molar-refractivity contribution in [3.63, 3.8) is 0 Å². The molecule has 0 aromatic heterocycles. The number of aryl methyl sites for hydroxylation is 1. The molecule has 1 aliphatic rings. The van der Waals surface area contributed by atoms with Gasteiger partial charge in [-0.2, -0.15) is 0 Å². The second-order valence-corrected chi connectivity index (χ2v) is 5.10. The molecule has 0 bridgehead atoms. The number of ketones is 1. The van der Waals surface area contributed by atoms with Crippen LogP contribution in [-0.4, -0.2) is 29.8 Å². The van der Waals surface area contributed by atoms with E-state index in [-0.39, 0.29) is 5.78 Å². The van der Waals surface area contributed by atoms with E-state index < -0.39 is 0 Å². The van der Waals surface area contributed by atoms with Crippen molar-refractivity contribution in [1.29, 1.82) is 0 Å². The van der Waals surface area contributed by atoms with Gasteiger partial charge in [0.05, 0.1) is 6.54 Å². The molecule has 1 saturated heterocycles. The molecule has 2 rings (SSSR count). The molecule has 92 valence electrons. The normalized spacial score (nSPS) is 21.4. The molecule has 1 aromatic carbocycles. The van der Waals surface area contributed by atoms with E-state index in [2.05, 4.69) is 11.8 Å². The molecule has 2 heteroatoms. The van der Waals surface area contributed by atoms with Crippen LogP contribution >= 0.6 is 0 Å². The SMILES string of the molecule is Cc1ccc(C(=O)CN2CCCCC2C)cc1. The highest BCUT2D eigenvalue weighted by atomic mass is 16.1. The van der Waals surface area contributed by atoms with E-state index >= 15 is 0 Å². The Hall–Kier alpha value is -1.15. The van der Waals surface area contributed by atoms with E-state index in [0.717, 1.165) is 12.1 Å². The second kappa shape index (κ2) is 5.46. The van der Waals surface area contributed by atoms with E-state index in [0.29, 0.717) is 12.6 Å². The van der Waals surface area contributed by atoms with Gasteiger partial charge in [0.1, 0.15) is 0 Å². The third-order valence-corrected chi connectivity index (χ3v) is 3.66. The van der Waals surface area contributed by atoms with Gasteiger partial charge < -0.3 is 0 Å². The number of likely N-dealkylation sites (tertiary alicyclic amines) is 1. The third-order valence-electron chi connectivity index (χ3n) is 3.66. The number of piperidine rings is 1. The summed E-state index contributed by atoms with van der Waals surface area (Å²) in [6.45, 7) is 5.91. The average molecular weight is 231 g/mol. The van der Waals surface area contributed by atoms with E-state index in [1.54, 1.807) is 0 Å². The molecule has 0 aliphatic carbocycles. The Morgan fingerprint density at radius 1 is 1.29 bits per heavy atom. The number of nitrogens with zero attached hydrogens (tertiary/aromatic N) is 1. The molecule has 1 unspecified atom stereocenters. The van der Waals surface area contributed by atoms with Crippen LogP contribution in [0.4, 0.5) is 0 Å². The van der Waals surface area contributed by atoms with Crippen molar-refractivity contribution in [1.82, 2.24) is 4.90 Å². The molecule has 0 N–H and O–H groups in total. The zero-order valence-corrected chi connectivity index (χ0v) is 10.8. The van der Waals surface area contributed by atoms with Crippen molar-refractivity contribution >= 4 is 5.78 Å². The first-order valence-electron chi connectivity index (χ1n) is 6.51. The van der Waals surface area contributed by atoms with E-state index in [9.17, 15) is 4.79 Å². The zero-order chi connectivity index (χ0) is 12.3. The predicted octanol–water partition coefficient (Wildman–Crippen LogP) is 3.05. The number of rotatable bonds is 3. The van der Waals surface area contributed by atoms with Crippen molar-refractivity contribution in [2.75, 3.05) is 13.1 Å². The third kappa shape index (κ3) is 3.16. The Morgan fingerprint density at radius 3 is 2.65 bits per heavy atom. The van der Waals surface area contributed by atoms with Gasteiger partial charge in [0.15, 0.2) is 5.78 Å². The van der Waals surface area contributed by atoms with Crippen LogP contribution in [0.3, 0.4) is 0 Å². The molecule has 1 fully saturated rings. The van der Waals surface area contributed by atoms with Gasteiger partial charge in [0.25, 0.3) is 0 Å². The smallest absolute Gasteiger partial charge is 0.176 e. The van der Waals surface area contributed by atoms with Gasteiger partial charge >= 0.3 is 0 Å². The number of hydrogen-bond acceptors (Lipinski definition) is 2. The van der Waals surface area contributed by atoms with Gasteiger partial charge in [-0.15, -0.1) is 0 Å². The van der Waals surface area contributed by atoms with Crippen molar-refractivity contribution in [3.8, 4) is 0 Å². The fraction of sp³-hybridized carbons (Fsp3) is 0.533. The molecule has 1 aliphatic heterocycles. The van der Waals surface area contributed by atoms with Crippen LogP contribution in [0.5, 0.6) is 0 Å². The van der Waals surface area contributed by atoms with Crippen LogP contribution in [0.15, 0.2) is 24.3 Å². The fourth-order valence-corrected chi connectivity index (χ4v) is 2.41.